The molecule has 0 rings (SSSR count). The Labute approximate surface area is 133 Å². The van der Waals surface area contributed by atoms with Crippen molar-refractivity contribution in [1.82, 2.24) is 0 Å². The van der Waals surface area contributed by atoms with Crippen LogP contribution in [0.1, 0.15) is 1.43 Å². The molecular weight excluding hydrogens is 255 g/mol. The molecule has 0 bridgehead atoms. The second-order valence-electron chi connectivity index (χ2n) is 0.986. The van der Waals surface area contributed by atoms with Crippen LogP contribution in [-0.2, 0) is 13.3 Å². The number of carbonyl (C=O) groups excluding carboxylic acids is 1. The van der Waals surface area contributed by atoms with Gasteiger partial charge in [0.2, 0.25) is 0 Å². The fourth-order valence-corrected chi connectivity index (χ4v) is 0.163. The molecular formula is C3H8AlCaMgO8+. The Kier molecular flexibility index (Phi) is 27.5. The van der Waals surface area contributed by atoms with Gasteiger partial charge in [0, 0.05) is 0 Å². The van der Waals surface area contributed by atoms with Crippen LogP contribution in [0.3, 0.4) is 0 Å². The normalized spacial score (nSPS) is 5.93. The SMILES string of the molecule is O=C(O)OC(=O)OC(=O)O.[CaH2].[H+].[MgH2].[O]=[AlH]. The van der Waals surface area contributed by atoms with Gasteiger partial charge in [0.05, 0.1) is 0 Å². The summed E-state index contributed by atoms with van der Waals surface area (Å²) in [5, 5.41) is 15.4. The quantitative estimate of drug-likeness (QED) is 0.292. The standard InChI is InChI=1S/C3H2O7.Al.Ca.Mg.O.5H/c4-1(5)9-3(8)10-2(6)7;;;;;;;;;/h(H,4,5)(H,6,7);;;;;;;;;/p+1. The monoisotopic (exact) mass is 263 g/mol. The zero-order chi connectivity index (χ0) is 10.1. The molecule has 14 heavy (non-hydrogen) atoms. The summed E-state index contributed by atoms with van der Waals surface area (Å²) in [6, 6.07) is 0. The zero-order valence-electron chi connectivity index (χ0n) is 6.55. The van der Waals surface area contributed by atoms with Crippen molar-refractivity contribution in [2.45, 2.75) is 0 Å². The summed E-state index contributed by atoms with van der Waals surface area (Å²) in [5.74, 6) is 0. The number of hydrogen-bond acceptors (Lipinski definition) is 6. The third-order valence-corrected chi connectivity index (χ3v) is 0.341. The molecule has 0 heterocycles. The van der Waals surface area contributed by atoms with E-state index in [4.69, 9.17) is 14.0 Å². The molecule has 11 heteroatoms. The number of carboxylic acid groups (broad SMARTS) is 2. The van der Waals surface area contributed by atoms with Gasteiger partial charge in [-0.05, 0) is 0 Å². The van der Waals surface area contributed by atoms with Gasteiger partial charge in [0.25, 0.3) is 0 Å². The van der Waals surface area contributed by atoms with E-state index >= 15 is 0 Å². The van der Waals surface area contributed by atoms with E-state index in [1.165, 1.54) is 0 Å². The van der Waals surface area contributed by atoms with E-state index in [9.17, 15) is 14.4 Å². The molecule has 2 N–H and O–H groups in total. The van der Waals surface area contributed by atoms with E-state index < -0.39 is 18.5 Å². The first kappa shape index (κ1) is 24.0. The van der Waals surface area contributed by atoms with E-state index in [2.05, 4.69) is 9.47 Å². The Bertz CT molecular complexity index is 184. The van der Waals surface area contributed by atoms with Gasteiger partial charge < -0.3 is 19.7 Å². The van der Waals surface area contributed by atoms with E-state index in [1.54, 1.807) is 0 Å². The summed E-state index contributed by atoms with van der Waals surface area (Å²) < 4.78 is 14.7. The Morgan fingerprint density at radius 1 is 1.00 bits per heavy atom. The van der Waals surface area contributed by atoms with E-state index in [1.807, 2.05) is 0 Å². The molecule has 74 valence electrons. The topological polar surface area (TPSA) is 127 Å². The minimum absolute atomic E-state index is 0. The molecule has 0 amide bonds. The molecule has 0 aliphatic rings. The Morgan fingerprint density at radius 3 is 1.36 bits per heavy atom. The molecule has 0 aromatic heterocycles. The van der Waals surface area contributed by atoms with Gasteiger partial charge in [0.15, 0.2) is 0 Å². The Balaban J connectivity index is -0.0000000626. The third kappa shape index (κ3) is 22.9. The first-order chi connectivity index (χ1) is 5.52. The van der Waals surface area contributed by atoms with Crippen molar-refractivity contribution >= 4 is 95.5 Å². The maximum atomic E-state index is 9.86. The van der Waals surface area contributed by atoms with Crippen molar-refractivity contribution in [3.63, 3.8) is 0 Å². The van der Waals surface area contributed by atoms with Gasteiger partial charge in [-0.1, -0.05) is 0 Å². The van der Waals surface area contributed by atoms with E-state index in [-0.39, 0.29) is 62.2 Å². The molecule has 0 atom stereocenters. The van der Waals surface area contributed by atoms with Gasteiger partial charge in [-0.15, -0.1) is 0 Å². The van der Waals surface area contributed by atoms with Crippen molar-refractivity contribution in [2.75, 3.05) is 0 Å². The Morgan fingerprint density at radius 2 is 1.21 bits per heavy atom. The summed E-state index contributed by atoms with van der Waals surface area (Å²) in [7, 11) is 0. The van der Waals surface area contributed by atoms with Gasteiger partial charge in [-0.25, -0.2) is 14.4 Å². The summed E-state index contributed by atoms with van der Waals surface area (Å²) in [5.41, 5.74) is 0. The summed E-state index contributed by atoms with van der Waals surface area (Å²) in [6.45, 7) is 0. The average Bonchev–Trinajstić information content (AvgIpc) is 1.87. The first-order valence-corrected chi connectivity index (χ1v) is 2.74. The minimum atomic E-state index is -1.92. The molecule has 0 fully saturated rings. The fraction of sp³-hybridized carbons (Fsp3) is 0. The molecule has 0 aromatic rings. The Hall–Kier alpha value is 0.568. The van der Waals surface area contributed by atoms with Crippen LogP contribution in [0.25, 0.3) is 0 Å². The molecule has 0 unspecified atom stereocenters. The van der Waals surface area contributed by atoms with Crippen LogP contribution >= 0.6 is 0 Å². The van der Waals surface area contributed by atoms with Gasteiger partial charge in [0.1, 0.15) is 0 Å². The van der Waals surface area contributed by atoms with Crippen molar-refractivity contribution in [3.05, 3.63) is 0 Å². The summed E-state index contributed by atoms with van der Waals surface area (Å²) in [4.78, 5) is 28.8. The van der Waals surface area contributed by atoms with Crippen LogP contribution in [0.4, 0.5) is 14.4 Å². The molecule has 0 aromatic carbocycles. The predicted molar refractivity (Wildman–Crippen MR) is 49.7 cm³/mol. The van der Waals surface area contributed by atoms with Crippen molar-refractivity contribution in [1.29, 1.82) is 0 Å². The van der Waals surface area contributed by atoms with Crippen molar-refractivity contribution in [2.24, 2.45) is 0 Å². The summed E-state index contributed by atoms with van der Waals surface area (Å²) in [6.07, 6.45) is -5.64. The number of carbonyl (C=O) groups is 3. The maximum absolute atomic E-state index is 9.86. The van der Waals surface area contributed by atoms with Crippen LogP contribution in [-0.4, -0.2) is 106 Å². The van der Waals surface area contributed by atoms with Gasteiger partial charge in [-0.3, -0.25) is 0 Å². The molecule has 0 saturated heterocycles. The van der Waals surface area contributed by atoms with Crippen LogP contribution in [0, 0.1) is 0 Å². The van der Waals surface area contributed by atoms with Gasteiger partial charge in [-0.2, -0.15) is 0 Å². The summed E-state index contributed by atoms with van der Waals surface area (Å²) >= 11 is 0.611. The molecule has 0 spiro atoms. The third-order valence-electron chi connectivity index (χ3n) is 0.341. The molecule has 0 aliphatic heterocycles. The van der Waals surface area contributed by atoms with Gasteiger partial charge >= 0.3 is 101 Å². The average molecular weight is 263 g/mol. The molecule has 8 nitrogen and oxygen atoms in total. The van der Waals surface area contributed by atoms with Crippen LogP contribution in [0.5, 0.6) is 0 Å². The number of hydrogen-bond donors (Lipinski definition) is 2. The molecule has 0 saturated carbocycles. The van der Waals surface area contributed by atoms with Crippen LogP contribution in [0.15, 0.2) is 0 Å². The van der Waals surface area contributed by atoms with Crippen LogP contribution < -0.4 is 0 Å². The second kappa shape index (κ2) is 16.0. The van der Waals surface area contributed by atoms with Crippen molar-refractivity contribution < 1.29 is 39.3 Å². The van der Waals surface area contributed by atoms with Crippen LogP contribution in [0.2, 0.25) is 0 Å². The van der Waals surface area contributed by atoms with E-state index in [0.29, 0.717) is 16.2 Å². The molecule has 0 aliphatic carbocycles. The number of rotatable bonds is 0. The fourth-order valence-electron chi connectivity index (χ4n) is 0.163. The van der Waals surface area contributed by atoms with E-state index in [0.717, 1.165) is 0 Å². The predicted octanol–water partition coefficient (Wildman–Crippen LogP) is -1.99. The van der Waals surface area contributed by atoms with Crippen molar-refractivity contribution in [3.8, 4) is 0 Å². The molecule has 0 radical (unpaired) electrons. The second-order valence-corrected chi connectivity index (χ2v) is 0.986. The zero-order valence-corrected chi connectivity index (χ0v) is 6.97. The number of ether oxygens (including phenoxy) is 2. The first-order valence-electron chi connectivity index (χ1n) is 2.16.